The van der Waals surface area contributed by atoms with Gasteiger partial charge in [0.2, 0.25) is 0 Å². The van der Waals surface area contributed by atoms with Crippen LogP contribution in [0.25, 0.3) is 0 Å². The van der Waals surface area contributed by atoms with Gasteiger partial charge in [0.25, 0.3) is 0 Å². The van der Waals surface area contributed by atoms with Crippen LogP contribution >= 0.6 is 0 Å². The summed E-state index contributed by atoms with van der Waals surface area (Å²) in [4.78, 5) is 0. The van der Waals surface area contributed by atoms with Crippen LogP contribution in [0.1, 0.15) is 0 Å². The molecule has 44 valence electrons. The van der Waals surface area contributed by atoms with E-state index < -0.39 is 0 Å². The first-order valence-electron chi connectivity index (χ1n) is 0.816. The third-order valence-electron chi connectivity index (χ3n) is 0. The van der Waals surface area contributed by atoms with E-state index in [1.165, 1.54) is 0 Å². The Morgan fingerprint density at radius 1 is 0.833 bits per heavy atom. The molecule has 4 heteroatoms. The van der Waals surface area contributed by atoms with Crippen molar-refractivity contribution in [2.24, 2.45) is 0 Å². The minimum absolute atomic E-state index is 0. The van der Waals surface area contributed by atoms with Crippen LogP contribution in [0.15, 0.2) is 0 Å². The van der Waals surface area contributed by atoms with Crippen molar-refractivity contribution in [2.75, 3.05) is 14.2 Å². The Balaban J connectivity index is -0.00000000667. The summed E-state index contributed by atoms with van der Waals surface area (Å²) in [6.45, 7) is 0. The lowest BCUT2D eigenvalue weighted by Crippen LogP contribution is -3.00. The fourth-order valence-corrected chi connectivity index (χ4v) is 0. The number of hydrogen-bond donors (Lipinski definition) is 0. The quantitative estimate of drug-likeness (QED) is 0.335. The van der Waals surface area contributed by atoms with E-state index in [1.807, 2.05) is 0 Å². The number of hydrogen-bond acceptors (Lipinski definition) is 1. The number of ether oxygens (including phenoxy) is 1. The molecule has 6 heavy (non-hydrogen) atoms. The molecule has 0 atom stereocenters. The van der Waals surface area contributed by atoms with Crippen molar-refractivity contribution in [1.29, 1.82) is 0 Å². The zero-order chi connectivity index (χ0) is 2.71. The predicted molar refractivity (Wildman–Crippen MR) is 12.9 cm³/mol. The predicted octanol–water partition coefficient (Wildman–Crippen LogP) is -8.73. The molecule has 1 nitrogen and oxygen atoms in total. The van der Waals surface area contributed by atoms with Crippen molar-refractivity contribution in [3.8, 4) is 0 Å². The fourth-order valence-electron chi connectivity index (χ4n) is 0. The molecule has 0 aromatic carbocycles. The summed E-state index contributed by atoms with van der Waals surface area (Å²) in [5.74, 6) is 0. The van der Waals surface area contributed by atoms with Crippen molar-refractivity contribution in [2.45, 2.75) is 0 Å². The number of methoxy groups -OCH3 is 1. The van der Waals surface area contributed by atoms with Crippen molar-refractivity contribution in [3.63, 3.8) is 0 Å². The van der Waals surface area contributed by atoms with Crippen LogP contribution in [0.5, 0.6) is 0 Å². The third kappa shape index (κ3) is 103. The normalized spacial score (nSPS) is 3.00. The van der Waals surface area contributed by atoms with Gasteiger partial charge in [-0.1, -0.05) is 0 Å². The molecule has 0 bridgehead atoms. The third-order valence-corrected chi connectivity index (χ3v) is 0. The Morgan fingerprint density at radius 2 is 0.833 bits per heavy atom. The van der Waals surface area contributed by atoms with Crippen LogP contribution in [0, 0.1) is 0 Å². The highest BCUT2D eigenvalue weighted by Gasteiger charge is 1.25. The van der Waals surface area contributed by atoms with E-state index in [0.717, 1.165) is 0 Å². The molecule has 0 amide bonds. The maximum Gasteiger partial charge on any atom is 0.0351 e. The Morgan fingerprint density at radius 3 is 0.833 bits per heavy atom. The molecule has 0 radical (unpaired) electrons. The summed E-state index contributed by atoms with van der Waals surface area (Å²) >= 11 is 0. The Hall–Kier alpha value is 0.830. The highest BCUT2D eigenvalue weighted by atomic mass is 35.5. The van der Waals surface area contributed by atoms with Gasteiger partial charge in [-0.15, -0.1) is 0 Å². The Bertz CT molecular complexity index is 8.75. The van der Waals surface area contributed by atoms with Crippen molar-refractivity contribution in [3.05, 3.63) is 0 Å². The summed E-state index contributed by atoms with van der Waals surface area (Å²) in [5, 5.41) is 0. The highest BCUT2D eigenvalue weighted by Crippen LogP contribution is 1.28. The Kier molecular flexibility index (Phi) is 196. The molecular formula is C2H6Cl3O-3. The summed E-state index contributed by atoms with van der Waals surface area (Å²) in [5.41, 5.74) is 0. The van der Waals surface area contributed by atoms with Gasteiger partial charge in [0, 0.05) is 14.2 Å². The summed E-state index contributed by atoms with van der Waals surface area (Å²) < 4.78 is 4.25. The van der Waals surface area contributed by atoms with Gasteiger partial charge < -0.3 is 42.0 Å². The maximum absolute atomic E-state index is 4.25. The van der Waals surface area contributed by atoms with E-state index in [-0.39, 0.29) is 37.2 Å². The second-order valence-corrected chi connectivity index (χ2v) is 0.408. The zero-order valence-corrected chi connectivity index (χ0v) is 5.81. The van der Waals surface area contributed by atoms with Crippen LogP contribution in [0.3, 0.4) is 0 Å². The van der Waals surface area contributed by atoms with Crippen LogP contribution in [-0.4, -0.2) is 14.2 Å². The molecule has 0 rings (SSSR count). The summed E-state index contributed by atoms with van der Waals surface area (Å²) in [6, 6.07) is 0. The fraction of sp³-hybridized carbons (Fsp3) is 1.00. The van der Waals surface area contributed by atoms with Gasteiger partial charge in [-0.05, 0) is 0 Å². The van der Waals surface area contributed by atoms with E-state index >= 15 is 0 Å². The lowest BCUT2D eigenvalue weighted by Gasteiger charge is -1.61. The molecule has 0 fully saturated rings. The smallest absolute Gasteiger partial charge is 0.0351 e. The largest absolute Gasteiger partial charge is 1.00 e. The van der Waals surface area contributed by atoms with Crippen LogP contribution in [0.2, 0.25) is 0 Å². The van der Waals surface area contributed by atoms with Gasteiger partial charge in [-0.25, -0.2) is 0 Å². The minimum Gasteiger partial charge on any atom is -1.00 e. The molecule has 0 aliphatic heterocycles. The van der Waals surface area contributed by atoms with Crippen molar-refractivity contribution in [1.82, 2.24) is 0 Å². The molecule has 0 N–H and O–H groups in total. The van der Waals surface area contributed by atoms with E-state index in [9.17, 15) is 0 Å². The molecule has 0 spiro atoms. The second kappa shape index (κ2) is 40.6. The average Bonchev–Trinajstić information content (AvgIpc) is 0.918. The summed E-state index contributed by atoms with van der Waals surface area (Å²) in [7, 11) is 3.25. The lowest BCUT2D eigenvalue weighted by atomic mass is 11.6. The number of rotatable bonds is 0. The second-order valence-electron chi connectivity index (χ2n) is 0.408. The topological polar surface area (TPSA) is 9.23 Å². The molecule has 0 heterocycles. The van der Waals surface area contributed by atoms with E-state index in [0.29, 0.717) is 0 Å². The monoisotopic (exact) mass is 151 g/mol. The highest BCUT2D eigenvalue weighted by molar-refractivity contribution is 3.56. The van der Waals surface area contributed by atoms with Gasteiger partial charge >= 0.3 is 0 Å². The Labute approximate surface area is 56.7 Å². The number of halogens is 3. The van der Waals surface area contributed by atoms with Crippen LogP contribution in [-0.2, 0) is 4.74 Å². The zero-order valence-electron chi connectivity index (χ0n) is 3.54. The van der Waals surface area contributed by atoms with E-state index in [2.05, 4.69) is 4.74 Å². The first kappa shape index (κ1) is 29.0. The maximum atomic E-state index is 4.25. The molecule has 0 saturated heterocycles. The first-order chi connectivity index (χ1) is 1.41. The van der Waals surface area contributed by atoms with Gasteiger partial charge in [-0.2, -0.15) is 0 Å². The molecule has 0 aliphatic rings. The van der Waals surface area contributed by atoms with Crippen LogP contribution < -0.4 is 37.2 Å². The molecule has 0 saturated carbocycles. The summed E-state index contributed by atoms with van der Waals surface area (Å²) in [6.07, 6.45) is 0. The standard InChI is InChI=1S/C2H6O.3ClH/c1-3-2;;;/h1-2H3;3*1H/p-3. The molecule has 0 aromatic heterocycles. The van der Waals surface area contributed by atoms with Crippen molar-refractivity contribution >= 4 is 0 Å². The van der Waals surface area contributed by atoms with Gasteiger partial charge in [0.1, 0.15) is 0 Å². The molecule has 0 aromatic rings. The SMILES string of the molecule is COC.[Cl-].[Cl-].[Cl-]. The molecule has 0 unspecified atom stereocenters. The lowest BCUT2D eigenvalue weighted by molar-refractivity contribution is -0.00100. The van der Waals surface area contributed by atoms with Gasteiger partial charge in [0.05, 0.1) is 0 Å². The van der Waals surface area contributed by atoms with Gasteiger partial charge in [-0.3, -0.25) is 0 Å². The minimum atomic E-state index is 0. The van der Waals surface area contributed by atoms with Crippen molar-refractivity contribution < 1.29 is 42.0 Å². The van der Waals surface area contributed by atoms with E-state index in [4.69, 9.17) is 0 Å². The van der Waals surface area contributed by atoms with Crippen LogP contribution in [0.4, 0.5) is 0 Å². The van der Waals surface area contributed by atoms with Gasteiger partial charge in [0.15, 0.2) is 0 Å². The first-order valence-corrected chi connectivity index (χ1v) is 0.816. The van der Waals surface area contributed by atoms with E-state index in [1.54, 1.807) is 14.2 Å². The molecular weight excluding hydrogens is 146 g/mol. The molecule has 0 aliphatic carbocycles. The average molecular weight is 152 g/mol.